The summed E-state index contributed by atoms with van der Waals surface area (Å²) >= 11 is 0. The molecule has 0 saturated heterocycles. The number of rotatable bonds is 5. The monoisotopic (exact) mass is 266 g/mol. The van der Waals surface area contributed by atoms with E-state index in [1.54, 1.807) is 0 Å². The van der Waals surface area contributed by atoms with Gasteiger partial charge in [-0.05, 0) is 23.6 Å². The Morgan fingerprint density at radius 1 is 1.10 bits per heavy atom. The van der Waals surface area contributed by atoms with Gasteiger partial charge in [0, 0.05) is 12.1 Å². The molecule has 2 rings (SSSR count). The maximum atomic E-state index is 8.47. The van der Waals surface area contributed by atoms with Crippen molar-refractivity contribution in [3.63, 3.8) is 0 Å². The highest BCUT2D eigenvalue weighted by atomic mass is 15.2. The van der Waals surface area contributed by atoms with Crippen molar-refractivity contribution in [2.24, 2.45) is 0 Å². The topological polar surface area (TPSA) is 61.6 Å². The standard InChI is InChI=1S/C16H18N4/c1-12(2)13-4-6-14(7-5-13)15-8-9-16(20-19-15)18-11-3-10-17/h4-9,12H,3,11H2,1-2H3,(H,18,20). The van der Waals surface area contributed by atoms with Crippen LogP contribution in [0.15, 0.2) is 36.4 Å². The summed E-state index contributed by atoms with van der Waals surface area (Å²) in [6.07, 6.45) is 0.458. The molecule has 1 N–H and O–H groups in total. The first-order valence-corrected chi connectivity index (χ1v) is 6.75. The summed E-state index contributed by atoms with van der Waals surface area (Å²) in [5, 5.41) is 19.8. The molecule has 102 valence electrons. The third kappa shape index (κ3) is 3.55. The Labute approximate surface area is 119 Å². The second-order valence-electron chi connectivity index (χ2n) is 4.92. The predicted octanol–water partition coefficient (Wildman–Crippen LogP) is 3.59. The van der Waals surface area contributed by atoms with E-state index >= 15 is 0 Å². The highest BCUT2D eigenvalue weighted by Crippen LogP contribution is 2.21. The number of hydrogen-bond acceptors (Lipinski definition) is 4. The third-order valence-corrected chi connectivity index (χ3v) is 3.08. The first-order valence-electron chi connectivity index (χ1n) is 6.75. The summed E-state index contributed by atoms with van der Waals surface area (Å²) in [6.45, 7) is 4.95. The van der Waals surface area contributed by atoms with E-state index in [0.29, 0.717) is 24.7 Å². The molecule has 0 atom stereocenters. The molecule has 20 heavy (non-hydrogen) atoms. The molecule has 4 heteroatoms. The molecule has 0 spiro atoms. The Balaban J connectivity index is 2.07. The van der Waals surface area contributed by atoms with Crippen LogP contribution in [0.1, 0.15) is 31.7 Å². The van der Waals surface area contributed by atoms with E-state index in [1.807, 2.05) is 12.1 Å². The Bertz CT molecular complexity index is 579. The Morgan fingerprint density at radius 3 is 2.40 bits per heavy atom. The molecule has 0 saturated carbocycles. The normalized spacial score (nSPS) is 10.3. The molecule has 0 aliphatic heterocycles. The van der Waals surface area contributed by atoms with Crippen LogP contribution in [-0.2, 0) is 0 Å². The van der Waals surface area contributed by atoms with Crippen LogP contribution in [0.25, 0.3) is 11.3 Å². The zero-order chi connectivity index (χ0) is 14.4. The highest BCUT2D eigenvalue weighted by molar-refractivity contribution is 5.60. The zero-order valence-electron chi connectivity index (χ0n) is 11.8. The SMILES string of the molecule is CC(C)c1ccc(-c2ccc(NCCC#N)nn2)cc1. The average molecular weight is 266 g/mol. The number of hydrogen-bond donors (Lipinski definition) is 1. The Kier molecular flexibility index (Phi) is 4.67. The number of aromatic nitrogens is 2. The first kappa shape index (κ1) is 14.0. The zero-order valence-corrected chi connectivity index (χ0v) is 11.8. The van der Waals surface area contributed by atoms with E-state index in [4.69, 9.17) is 5.26 Å². The van der Waals surface area contributed by atoms with Crippen LogP contribution in [0.3, 0.4) is 0 Å². The fourth-order valence-corrected chi connectivity index (χ4v) is 1.87. The van der Waals surface area contributed by atoms with Crippen LogP contribution in [0.5, 0.6) is 0 Å². The van der Waals surface area contributed by atoms with Crippen molar-refractivity contribution in [2.45, 2.75) is 26.2 Å². The fraction of sp³-hybridized carbons (Fsp3) is 0.312. The number of anilines is 1. The Morgan fingerprint density at radius 2 is 1.85 bits per heavy atom. The van der Waals surface area contributed by atoms with Gasteiger partial charge in [0.05, 0.1) is 18.2 Å². The summed E-state index contributed by atoms with van der Waals surface area (Å²) in [6, 6.07) is 14.3. The maximum Gasteiger partial charge on any atom is 0.148 e. The molecule has 4 nitrogen and oxygen atoms in total. The molecular formula is C16H18N4. The molecule has 0 aliphatic carbocycles. The molecule has 0 amide bonds. The van der Waals surface area contributed by atoms with Gasteiger partial charge in [0.1, 0.15) is 5.82 Å². The molecule has 1 aromatic carbocycles. The van der Waals surface area contributed by atoms with Gasteiger partial charge in [0.25, 0.3) is 0 Å². The van der Waals surface area contributed by atoms with Crippen LogP contribution in [0, 0.1) is 11.3 Å². The minimum atomic E-state index is 0.458. The van der Waals surface area contributed by atoms with Crippen molar-refractivity contribution in [2.75, 3.05) is 11.9 Å². The number of nitrogens with one attached hydrogen (secondary N) is 1. The van der Waals surface area contributed by atoms with Crippen molar-refractivity contribution >= 4 is 5.82 Å². The van der Waals surface area contributed by atoms with Crippen LogP contribution < -0.4 is 5.32 Å². The minimum absolute atomic E-state index is 0.458. The van der Waals surface area contributed by atoms with Crippen LogP contribution in [0.2, 0.25) is 0 Å². The van der Waals surface area contributed by atoms with Crippen molar-refractivity contribution in [1.29, 1.82) is 5.26 Å². The van der Waals surface area contributed by atoms with Crippen molar-refractivity contribution in [3.05, 3.63) is 42.0 Å². The number of nitrogens with zero attached hydrogens (tertiary/aromatic N) is 3. The summed E-state index contributed by atoms with van der Waals surface area (Å²) in [7, 11) is 0. The first-order chi connectivity index (χ1) is 9.70. The van der Waals surface area contributed by atoms with E-state index in [2.05, 4.69) is 59.7 Å². The molecule has 1 heterocycles. The van der Waals surface area contributed by atoms with E-state index in [9.17, 15) is 0 Å². The third-order valence-electron chi connectivity index (χ3n) is 3.08. The van der Waals surface area contributed by atoms with Gasteiger partial charge in [-0.3, -0.25) is 0 Å². The minimum Gasteiger partial charge on any atom is -0.368 e. The van der Waals surface area contributed by atoms with Gasteiger partial charge >= 0.3 is 0 Å². The fourth-order valence-electron chi connectivity index (χ4n) is 1.87. The summed E-state index contributed by atoms with van der Waals surface area (Å²) in [5.74, 6) is 1.23. The van der Waals surface area contributed by atoms with Crippen molar-refractivity contribution < 1.29 is 0 Å². The van der Waals surface area contributed by atoms with Gasteiger partial charge in [0.2, 0.25) is 0 Å². The lowest BCUT2D eigenvalue weighted by molar-refractivity contribution is 0.867. The highest BCUT2D eigenvalue weighted by Gasteiger charge is 2.03. The van der Waals surface area contributed by atoms with E-state index < -0.39 is 0 Å². The molecule has 0 aliphatic rings. The molecule has 0 unspecified atom stereocenters. The van der Waals surface area contributed by atoms with E-state index in [1.165, 1.54) is 5.56 Å². The second-order valence-corrected chi connectivity index (χ2v) is 4.92. The quantitative estimate of drug-likeness (QED) is 0.840. The van der Waals surface area contributed by atoms with E-state index in [-0.39, 0.29) is 0 Å². The second kappa shape index (κ2) is 6.67. The Hall–Kier alpha value is -2.41. The smallest absolute Gasteiger partial charge is 0.148 e. The maximum absolute atomic E-state index is 8.47. The molecule has 2 aromatic rings. The molecule has 1 aromatic heterocycles. The van der Waals surface area contributed by atoms with Gasteiger partial charge in [0.15, 0.2) is 0 Å². The van der Waals surface area contributed by atoms with Gasteiger partial charge in [-0.1, -0.05) is 38.1 Å². The van der Waals surface area contributed by atoms with Crippen LogP contribution in [-0.4, -0.2) is 16.7 Å². The average Bonchev–Trinajstić information content (AvgIpc) is 2.48. The number of benzene rings is 1. The van der Waals surface area contributed by atoms with Gasteiger partial charge < -0.3 is 5.32 Å². The van der Waals surface area contributed by atoms with Crippen LogP contribution >= 0.6 is 0 Å². The summed E-state index contributed by atoms with van der Waals surface area (Å²) in [5.41, 5.74) is 3.23. The molecule has 0 bridgehead atoms. The summed E-state index contributed by atoms with van der Waals surface area (Å²) < 4.78 is 0. The van der Waals surface area contributed by atoms with Crippen molar-refractivity contribution in [3.8, 4) is 17.3 Å². The van der Waals surface area contributed by atoms with Gasteiger partial charge in [-0.2, -0.15) is 5.26 Å². The lowest BCUT2D eigenvalue weighted by Crippen LogP contribution is -2.03. The van der Waals surface area contributed by atoms with Crippen LogP contribution in [0.4, 0.5) is 5.82 Å². The summed E-state index contributed by atoms with van der Waals surface area (Å²) in [4.78, 5) is 0. The van der Waals surface area contributed by atoms with E-state index in [0.717, 1.165) is 11.3 Å². The van der Waals surface area contributed by atoms with Crippen molar-refractivity contribution in [1.82, 2.24) is 10.2 Å². The lowest BCUT2D eigenvalue weighted by atomic mass is 10.0. The molecule has 0 fully saturated rings. The molecule has 0 radical (unpaired) electrons. The predicted molar refractivity (Wildman–Crippen MR) is 80.3 cm³/mol. The lowest BCUT2D eigenvalue weighted by Gasteiger charge is -2.07. The molecular weight excluding hydrogens is 248 g/mol. The van der Waals surface area contributed by atoms with Gasteiger partial charge in [-0.15, -0.1) is 10.2 Å². The number of nitriles is 1. The largest absolute Gasteiger partial charge is 0.368 e. The van der Waals surface area contributed by atoms with Gasteiger partial charge in [-0.25, -0.2) is 0 Å².